The van der Waals surface area contributed by atoms with E-state index in [2.05, 4.69) is 44.1 Å². The standard InChI is InChI=1S/C17H18N4/c1-3-7-13(8-4-1)14-11-18-16-15(14)19-12-20-17(16)21-9-5-2-6-10-21/h1,3-4,7-8,11-12,18H,2,5-6,9-10H2. The van der Waals surface area contributed by atoms with E-state index in [4.69, 9.17) is 0 Å². The number of anilines is 1. The maximum Gasteiger partial charge on any atom is 0.156 e. The van der Waals surface area contributed by atoms with Gasteiger partial charge in [0.15, 0.2) is 5.82 Å². The minimum Gasteiger partial charge on any atom is -0.356 e. The summed E-state index contributed by atoms with van der Waals surface area (Å²) in [5.74, 6) is 1.04. The molecule has 0 bridgehead atoms. The molecule has 21 heavy (non-hydrogen) atoms. The Balaban J connectivity index is 1.83. The van der Waals surface area contributed by atoms with Gasteiger partial charge in [0, 0.05) is 24.8 Å². The molecule has 1 fully saturated rings. The van der Waals surface area contributed by atoms with Crippen LogP contribution in [0.3, 0.4) is 0 Å². The van der Waals surface area contributed by atoms with Gasteiger partial charge < -0.3 is 9.88 Å². The van der Waals surface area contributed by atoms with Gasteiger partial charge in [-0.25, -0.2) is 9.97 Å². The molecule has 1 aliphatic heterocycles. The van der Waals surface area contributed by atoms with Crippen LogP contribution in [0.4, 0.5) is 5.82 Å². The van der Waals surface area contributed by atoms with E-state index in [1.807, 2.05) is 12.3 Å². The molecule has 0 radical (unpaired) electrons. The molecule has 1 saturated heterocycles. The summed E-state index contributed by atoms with van der Waals surface area (Å²) < 4.78 is 0. The minimum absolute atomic E-state index is 1.01. The summed E-state index contributed by atoms with van der Waals surface area (Å²) in [6, 6.07) is 10.4. The van der Waals surface area contributed by atoms with Crippen LogP contribution < -0.4 is 4.90 Å². The number of nitrogens with one attached hydrogen (secondary N) is 1. The lowest BCUT2D eigenvalue weighted by Gasteiger charge is -2.27. The molecule has 0 spiro atoms. The van der Waals surface area contributed by atoms with E-state index in [1.165, 1.54) is 24.8 Å². The number of nitrogens with zero attached hydrogens (tertiary/aromatic N) is 3. The van der Waals surface area contributed by atoms with Crippen LogP contribution in [0, 0.1) is 0 Å². The fraction of sp³-hybridized carbons (Fsp3) is 0.294. The summed E-state index contributed by atoms with van der Waals surface area (Å²) in [6.45, 7) is 2.18. The number of rotatable bonds is 2. The third-order valence-corrected chi connectivity index (χ3v) is 4.18. The van der Waals surface area contributed by atoms with E-state index in [1.54, 1.807) is 6.33 Å². The van der Waals surface area contributed by atoms with Gasteiger partial charge in [-0.1, -0.05) is 30.3 Å². The van der Waals surface area contributed by atoms with Crippen molar-refractivity contribution in [3.05, 3.63) is 42.9 Å². The van der Waals surface area contributed by atoms with Crippen LogP contribution >= 0.6 is 0 Å². The van der Waals surface area contributed by atoms with Gasteiger partial charge in [-0.15, -0.1) is 0 Å². The lowest BCUT2D eigenvalue weighted by molar-refractivity contribution is 0.574. The third-order valence-electron chi connectivity index (χ3n) is 4.18. The average molecular weight is 278 g/mol. The first-order chi connectivity index (χ1) is 10.4. The summed E-state index contributed by atoms with van der Waals surface area (Å²) >= 11 is 0. The van der Waals surface area contributed by atoms with Crippen molar-refractivity contribution in [2.75, 3.05) is 18.0 Å². The molecule has 1 aromatic carbocycles. The number of hydrogen-bond acceptors (Lipinski definition) is 3. The molecule has 2 aromatic heterocycles. The van der Waals surface area contributed by atoms with Gasteiger partial charge in [0.1, 0.15) is 17.4 Å². The zero-order valence-corrected chi connectivity index (χ0v) is 11.9. The fourth-order valence-corrected chi connectivity index (χ4v) is 3.11. The maximum atomic E-state index is 4.52. The lowest BCUT2D eigenvalue weighted by Crippen LogP contribution is -2.30. The molecule has 1 N–H and O–H groups in total. The Morgan fingerprint density at radius 3 is 2.57 bits per heavy atom. The Kier molecular flexibility index (Phi) is 3.07. The van der Waals surface area contributed by atoms with Gasteiger partial charge in [0.05, 0.1) is 0 Å². The Labute approximate surface area is 123 Å². The highest BCUT2D eigenvalue weighted by atomic mass is 15.2. The Bertz CT molecular complexity index is 742. The summed E-state index contributed by atoms with van der Waals surface area (Å²) in [5, 5.41) is 0. The van der Waals surface area contributed by atoms with E-state index in [0.717, 1.165) is 35.5 Å². The predicted octanol–water partition coefficient (Wildman–Crippen LogP) is 3.62. The number of benzene rings is 1. The highest BCUT2D eigenvalue weighted by Gasteiger charge is 2.18. The molecular weight excluding hydrogens is 260 g/mol. The Morgan fingerprint density at radius 2 is 1.76 bits per heavy atom. The van der Waals surface area contributed by atoms with Crippen LogP contribution in [0.5, 0.6) is 0 Å². The number of hydrogen-bond donors (Lipinski definition) is 1. The molecule has 4 heteroatoms. The second-order valence-corrected chi connectivity index (χ2v) is 5.54. The summed E-state index contributed by atoms with van der Waals surface area (Å²) in [7, 11) is 0. The number of H-pyrrole nitrogens is 1. The van der Waals surface area contributed by atoms with Crippen LogP contribution in [-0.4, -0.2) is 28.0 Å². The van der Waals surface area contributed by atoms with E-state index in [9.17, 15) is 0 Å². The van der Waals surface area contributed by atoms with Crippen molar-refractivity contribution in [2.45, 2.75) is 19.3 Å². The van der Waals surface area contributed by atoms with Gasteiger partial charge in [-0.2, -0.15) is 0 Å². The highest BCUT2D eigenvalue weighted by Crippen LogP contribution is 2.31. The molecule has 4 nitrogen and oxygen atoms in total. The molecule has 0 aliphatic carbocycles. The second kappa shape index (κ2) is 5.20. The van der Waals surface area contributed by atoms with Crippen molar-refractivity contribution in [1.29, 1.82) is 0 Å². The maximum absolute atomic E-state index is 4.52. The van der Waals surface area contributed by atoms with Gasteiger partial charge in [0.25, 0.3) is 0 Å². The smallest absolute Gasteiger partial charge is 0.156 e. The second-order valence-electron chi connectivity index (χ2n) is 5.54. The van der Waals surface area contributed by atoms with Gasteiger partial charge in [-0.05, 0) is 24.8 Å². The van der Waals surface area contributed by atoms with Crippen molar-refractivity contribution < 1.29 is 0 Å². The first kappa shape index (κ1) is 12.4. The summed E-state index contributed by atoms with van der Waals surface area (Å²) in [4.78, 5) is 14.8. The van der Waals surface area contributed by atoms with E-state index in [0.29, 0.717) is 0 Å². The van der Waals surface area contributed by atoms with E-state index < -0.39 is 0 Å². The van der Waals surface area contributed by atoms with Crippen molar-refractivity contribution >= 4 is 16.9 Å². The van der Waals surface area contributed by atoms with E-state index >= 15 is 0 Å². The molecular formula is C17H18N4. The lowest BCUT2D eigenvalue weighted by atomic mass is 10.1. The molecule has 0 amide bonds. The Hall–Kier alpha value is -2.36. The predicted molar refractivity (Wildman–Crippen MR) is 85.4 cm³/mol. The minimum atomic E-state index is 1.01. The molecule has 3 aromatic rings. The Morgan fingerprint density at radius 1 is 0.952 bits per heavy atom. The first-order valence-corrected chi connectivity index (χ1v) is 7.56. The summed E-state index contributed by atoms with van der Waals surface area (Å²) in [5.41, 5.74) is 4.40. The van der Waals surface area contributed by atoms with Gasteiger partial charge >= 0.3 is 0 Å². The number of piperidine rings is 1. The monoisotopic (exact) mass is 278 g/mol. The van der Waals surface area contributed by atoms with Crippen molar-refractivity contribution in [3.8, 4) is 11.1 Å². The highest BCUT2D eigenvalue weighted by molar-refractivity contribution is 5.97. The quantitative estimate of drug-likeness (QED) is 0.778. The van der Waals surface area contributed by atoms with Crippen molar-refractivity contribution in [3.63, 3.8) is 0 Å². The van der Waals surface area contributed by atoms with Crippen molar-refractivity contribution in [2.24, 2.45) is 0 Å². The zero-order chi connectivity index (χ0) is 14.1. The summed E-state index contributed by atoms with van der Waals surface area (Å²) in [6.07, 6.45) is 7.55. The largest absolute Gasteiger partial charge is 0.356 e. The molecule has 4 rings (SSSR count). The number of fused-ring (bicyclic) bond motifs is 1. The third kappa shape index (κ3) is 2.17. The normalized spacial score (nSPS) is 15.5. The van der Waals surface area contributed by atoms with Gasteiger partial charge in [-0.3, -0.25) is 0 Å². The van der Waals surface area contributed by atoms with Crippen LogP contribution in [0.15, 0.2) is 42.9 Å². The number of aromatic nitrogens is 3. The average Bonchev–Trinajstić information content (AvgIpc) is 3.00. The van der Waals surface area contributed by atoms with Crippen LogP contribution in [0.1, 0.15) is 19.3 Å². The number of aromatic amines is 1. The van der Waals surface area contributed by atoms with Crippen LogP contribution in [0.25, 0.3) is 22.2 Å². The van der Waals surface area contributed by atoms with Crippen molar-refractivity contribution in [1.82, 2.24) is 15.0 Å². The SMILES string of the molecule is c1ccc(-c2c[nH]c3c(N4CCCCC4)ncnc23)cc1. The van der Waals surface area contributed by atoms with Crippen LogP contribution in [-0.2, 0) is 0 Å². The van der Waals surface area contributed by atoms with Gasteiger partial charge in [0.2, 0.25) is 0 Å². The topological polar surface area (TPSA) is 44.8 Å². The van der Waals surface area contributed by atoms with Crippen LogP contribution in [0.2, 0.25) is 0 Å². The molecule has 0 unspecified atom stereocenters. The molecule has 0 saturated carbocycles. The molecule has 3 heterocycles. The molecule has 106 valence electrons. The fourth-order valence-electron chi connectivity index (χ4n) is 3.11. The van der Waals surface area contributed by atoms with E-state index in [-0.39, 0.29) is 0 Å². The zero-order valence-electron chi connectivity index (χ0n) is 11.9. The molecule has 1 aliphatic rings. The molecule has 0 atom stereocenters. The first-order valence-electron chi connectivity index (χ1n) is 7.56.